The number of hydrogen-bond acceptors (Lipinski definition) is 4. The molecule has 0 spiro atoms. The van der Waals surface area contributed by atoms with Crippen LogP contribution in [0.1, 0.15) is 48.5 Å². The third-order valence-corrected chi connectivity index (χ3v) is 3.06. The molecular formula is C16H32O4. The first-order chi connectivity index (χ1) is 9.23. The van der Waals surface area contributed by atoms with E-state index in [0.29, 0.717) is 30.3 Å². The summed E-state index contributed by atoms with van der Waals surface area (Å²) in [6.07, 6.45) is 0.0278. The highest BCUT2D eigenvalue weighted by atomic mass is 16.7. The van der Waals surface area contributed by atoms with Crippen molar-refractivity contribution in [2.45, 2.75) is 54.8 Å². The average molecular weight is 288 g/mol. The molecule has 0 bridgehead atoms. The highest BCUT2D eigenvalue weighted by Crippen LogP contribution is 2.21. The van der Waals surface area contributed by atoms with Crippen molar-refractivity contribution < 1.29 is 19.0 Å². The van der Waals surface area contributed by atoms with E-state index in [0.717, 1.165) is 13.2 Å². The lowest BCUT2D eigenvalue weighted by Crippen LogP contribution is -2.37. The molecular weight excluding hydrogens is 256 g/mol. The molecule has 0 N–H and O–H groups in total. The Kier molecular flexibility index (Phi) is 9.86. The Morgan fingerprint density at radius 1 is 1.05 bits per heavy atom. The molecule has 20 heavy (non-hydrogen) atoms. The molecule has 1 aliphatic heterocycles. The van der Waals surface area contributed by atoms with Gasteiger partial charge in [0.15, 0.2) is 6.29 Å². The lowest BCUT2D eigenvalue weighted by atomic mass is 9.97. The Balaban J connectivity index is 0.000000396. The number of ether oxygens (including phenoxy) is 3. The molecule has 0 aromatic carbocycles. The summed E-state index contributed by atoms with van der Waals surface area (Å²) < 4.78 is 15.8. The Morgan fingerprint density at radius 2 is 1.55 bits per heavy atom. The van der Waals surface area contributed by atoms with Crippen LogP contribution in [0.2, 0.25) is 0 Å². The molecule has 1 aliphatic rings. The van der Waals surface area contributed by atoms with Gasteiger partial charge in [-0.25, -0.2) is 0 Å². The quantitative estimate of drug-likeness (QED) is 0.743. The molecule has 0 unspecified atom stereocenters. The van der Waals surface area contributed by atoms with Crippen LogP contribution in [0.3, 0.4) is 0 Å². The fourth-order valence-electron chi connectivity index (χ4n) is 1.59. The first-order valence-electron chi connectivity index (χ1n) is 7.60. The second kappa shape index (κ2) is 10.2. The van der Waals surface area contributed by atoms with Crippen LogP contribution < -0.4 is 0 Å². The highest BCUT2D eigenvalue weighted by Gasteiger charge is 2.25. The zero-order valence-electron chi connectivity index (χ0n) is 14.1. The molecule has 0 radical (unpaired) electrons. The van der Waals surface area contributed by atoms with Gasteiger partial charge < -0.3 is 14.2 Å². The van der Waals surface area contributed by atoms with Crippen LogP contribution in [0.5, 0.6) is 0 Å². The van der Waals surface area contributed by atoms with Crippen molar-refractivity contribution in [3.05, 3.63) is 0 Å². The van der Waals surface area contributed by atoms with Gasteiger partial charge in [-0.3, -0.25) is 4.79 Å². The van der Waals surface area contributed by atoms with Crippen LogP contribution in [0, 0.1) is 23.7 Å². The summed E-state index contributed by atoms with van der Waals surface area (Å²) in [5.41, 5.74) is 0. The lowest BCUT2D eigenvalue weighted by Gasteiger charge is -2.33. The van der Waals surface area contributed by atoms with E-state index in [-0.39, 0.29) is 12.3 Å². The zero-order chi connectivity index (χ0) is 15.7. The molecule has 0 aromatic heterocycles. The van der Waals surface area contributed by atoms with Crippen LogP contribution in [0.25, 0.3) is 0 Å². The normalized spacial score (nSPS) is 22.7. The molecule has 0 aromatic rings. The van der Waals surface area contributed by atoms with Gasteiger partial charge in [0.25, 0.3) is 0 Å². The summed E-state index contributed by atoms with van der Waals surface area (Å²) in [5, 5.41) is 0. The van der Waals surface area contributed by atoms with E-state index in [2.05, 4.69) is 32.4 Å². The molecule has 1 saturated heterocycles. The fourth-order valence-corrected chi connectivity index (χ4v) is 1.59. The smallest absolute Gasteiger partial charge is 0.302 e. The highest BCUT2D eigenvalue weighted by molar-refractivity contribution is 5.65. The average Bonchev–Trinajstić information content (AvgIpc) is 2.37. The van der Waals surface area contributed by atoms with Crippen molar-refractivity contribution in [1.29, 1.82) is 0 Å². The van der Waals surface area contributed by atoms with Crippen LogP contribution in [0.4, 0.5) is 0 Å². The molecule has 1 fully saturated rings. The van der Waals surface area contributed by atoms with E-state index in [4.69, 9.17) is 9.47 Å². The van der Waals surface area contributed by atoms with Crippen molar-refractivity contribution >= 4 is 5.97 Å². The van der Waals surface area contributed by atoms with Crippen molar-refractivity contribution in [3.63, 3.8) is 0 Å². The maximum Gasteiger partial charge on any atom is 0.302 e. The summed E-state index contributed by atoms with van der Waals surface area (Å²) in [4.78, 5) is 10.1. The predicted octanol–water partition coefficient (Wildman–Crippen LogP) is 3.49. The van der Waals surface area contributed by atoms with Gasteiger partial charge in [0, 0.05) is 18.8 Å². The summed E-state index contributed by atoms with van der Waals surface area (Å²) in [5.74, 6) is 1.97. The van der Waals surface area contributed by atoms with E-state index >= 15 is 0 Å². The first kappa shape index (κ1) is 19.4. The van der Waals surface area contributed by atoms with E-state index < -0.39 is 0 Å². The fraction of sp³-hybridized carbons (Fsp3) is 0.938. The minimum absolute atomic E-state index is 0.0278. The summed E-state index contributed by atoms with van der Waals surface area (Å²) in [6.45, 7) is 16.4. The molecule has 0 atom stereocenters. The van der Waals surface area contributed by atoms with E-state index in [9.17, 15) is 4.79 Å². The number of rotatable bonds is 4. The number of carbonyl (C=O) groups excluding carboxylic acids is 1. The minimum atomic E-state index is -0.196. The molecule has 4 nitrogen and oxygen atoms in total. The van der Waals surface area contributed by atoms with Gasteiger partial charge in [0.05, 0.1) is 19.8 Å². The molecule has 120 valence electrons. The summed E-state index contributed by atoms with van der Waals surface area (Å²) >= 11 is 0. The second-order valence-electron chi connectivity index (χ2n) is 6.48. The molecule has 1 heterocycles. The van der Waals surface area contributed by atoms with Crippen molar-refractivity contribution in [3.8, 4) is 0 Å². The molecule has 0 aliphatic carbocycles. The van der Waals surface area contributed by atoms with Gasteiger partial charge in [-0.1, -0.05) is 41.5 Å². The largest absolute Gasteiger partial charge is 0.466 e. The standard InChI is InChI=1S/C10H20O2.C6H12O2/c1-7(2)9-5-11-10(8(3)4)12-6-9;1-5(2)4-8-6(3)7/h7-10H,5-6H2,1-4H3;5H,4H2,1-3H3. The van der Waals surface area contributed by atoms with Gasteiger partial charge >= 0.3 is 5.97 Å². The first-order valence-corrected chi connectivity index (χ1v) is 7.60. The summed E-state index contributed by atoms with van der Waals surface area (Å²) in [7, 11) is 0. The SMILES string of the molecule is CC(=O)OCC(C)C.CC(C)C1COC(C(C)C)OC1. The van der Waals surface area contributed by atoms with Gasteiger partial charge in [-0.15, -0.1) is 0 Å². The molecule has 0 amide bonds. The van der Waals surface area contributed by atoms with Crippen LogP contribution in [0.15, 0.2) is 0 Å². The zero-order valence-corrected chi connectivity index (χ0v) is 14.1. The van der Waals surface area contributed by atoms with Gasteiger partial charge in [0.2, 0.25) is 0 Å². The van der Waals surface area contributed by atoms with E-state index in [1.807, 2.05) is 13.8 Å². The van der Waals surface area contributed by atoms with Crippen molar-refractivity contribution in [2.24, 2.45) is 23.7 Å². The molecule has 0 saturated carbocycles. The van der Waals surface area contributed by atoms with Crippen LogP contribution in [-0.2, 0) is 19.0 Å². The molecule has 4 heteroatoms. The van der Waals surface area contributed by atoms with Gasteiger partial charge in [0.1, 0.15) is 0 Å². The third-order valence-electron chi connectivity index (χ3n) is 3.06. The van der Waals surface area contributed by atoms with Crippen LogP contribution in [-0.4, -0.2) is 32.1 Å². The number of carbonyl (C=O) groups is 1. The van der Waals surface area contributed by atoms with Gasteiger partial charge in [-0.2, -0.15) is 0 Å². The topological polar surface area (TPSA) is 44.8 Å². The van der Waals surface area contributed by atoms with E-state index in [1.165, 1.54) is 6.92 Å². The van der Waals surface area contributed by atoms with Gasteiger partial charge in [-0.05, 0) is 11.8 Å². The Labute approximate surface area is 124 Å². The maximum atomic E-state index is 10.1. The Morgan fingerprint density at radius 3 is 1.80 bits per heavy atom. The third kappa shape index (κ3) is 9.32. The minimum Gasteiger partial charge on any atom is -0.466 e. The summed E-state index contributed by atoms with van der Waals surface area (Å²) in [6, 6.07) is 0. The van der Waals surface area contributed by atoms with E-state index in [1.54, 1.807) is 0 Å². The van der Waals surface area contributed by atoms with Crippen molar-refractivity contribution in [1.82, 2.24) is 0 Å². The number of esters is 1. The van der Waals surface area contributed by atoms with Crippen molar-refractivity contribution in [2.75, 3.05) is 19.8 Å². The molecule has 1 rings (SSSR count). The number of hydrogen-bond donors (Lipinski definition) is 0. The Bertz CT molecular complexity index is 237. The Hall–Kier alpha value is -0.610. The lowest BCUT2D eigenvalue weighted by molar-refractivity contribution is -0.224. The predicted molar refractivity (Wildman–Crippen MR) is 80.3 cm³/mol. The monoisotopic (exact) mass is 288 g/mol. The second-order valence-corrected chi connectivity index (χ2v) is 6.48. The van der Waals surface area contributed by atoms with Crippen LogP contribution >= 0.6 is 0 Å². The maximum absolute atomic E-state index is 10.1.